The van der Waals surface area contributed by atoms with Gasteiger partial charge < -0.3 is 25.6 Å². The van der Waals surface area contributed by atoms with Gasteiger partial charge in [0.1, 0.15) is 17.2 Å². The van der Waals surface area contributed by atoms with Crippen LogP contribution in [0.15, 0.2) is 42.9 Å². The maximum atomic E-state index is 13.1. The summed E-state index contributed by atoms with van der Waals surface area (Å²) in [6.07, 6.45) is 10.3. The van der Waals surface area contributed by atoms with Gasteiger partial charge in [-0.3, -0.25) is 4.79 Å². The monoisotopic (exact) mass is 477 g/mol. The van der Waals surface area contributed by atoms with Crippen LogP contribution in [0.2, 0.25) is 0 Å². The summed E-state index contributed by atoms with van der Waals surface area (Å²) in [7, 11) is 0. The van der Waals surface area contributed by atoms with E-state index in [0.29, 0.717) is 23.9 Å². The molecule has 0 atom stereocenters. The van der Waals surface area contributed by atoms with Gasteiger partial charge in [0.2, 0.25) is 5.95 Å². The van der Waals surface area contributed by atoms with Crippen molar-refractivity contribution in [2.45, 2.75) is 71.1 Å². The summed E-state index contributed by atoms with van der Waals surface area (Å²) < 4.78 is 2.01. The number of hydrogen-bond acceptors (Lipinski definition) is 7. The van der Waals surface area contributed by atoms with E-state index >= 15 is 0 Å². The number of nitrogens with zero attached hydrogens (tertiary/aromatic N) is 4. The van der Waals surface area contributed by atoms with Crippen molar-refractivity contribution in [3.05, 3.63) is 59.8 Å². The van der Waals surface area contributed by atoms with Crippen molar-refractivity contribution in [2.75, 3.05) is 17.2 Å². The van der Waals surface area contributed by atoms with Crippen LogP contribution in [0.1, 0.15) is 67.2 Å². The minimum absolute atomic E-state index is 0.169. The minimum Gasteiger partial charge on any atom is -0.393 e. The second kappa shape index (κ2) is 11.8. The van der Waals surface area contributed by atoms with Gasteiger partial charge in [0.15, 0.2) is 0 Å². The Hall–Kier alpha value is -3.46. The number of benzene rings is 1. The number of anilines is 2. The molecular formula is C26H35N7O2. The Kier molecular flexibility index (Phi) is 8.31. The fourth-order valence-corrected chi connectivity index (χ4v) is 4.24. The molecule has 9 nitrogen and oxygen atoms in total. The summed E-state index contributed by atoms with van der Waals surface area (Å²) in [6.45, 7) is 5.27. The van der Waals surface area contributed by atoms with Gasteiger partial charge in [0.25, 0.3) is 5.91 Å². The van der Waals surface area contributed by atoms with E-state index in [2.05, 4.69) is 37.8 Å². The normalized spacial score (nSPS) is 17.7. The molecule has 0 aliphatic heterocycles. The Morgan fingerprint density at radius 2 is 1.91 bits per heavy atom. The molecule has 1 saturated carbocycles. The van der Waals surface area contributed by atoms with Gasteiger partial charge in [0, 0.05) is 43.4 Å². The zero-order valence-electron chi connectivity index (χ0n) is 20.5. The SMILES string of the molecule is CCCCNc1ncc(C(=O)NCc2ccc(-n3ccnc3C)cc2)c(NC2CCC(O)CC2)n1. The largest absolute Gasteiger partial charge is 0.393 e. The number of aliphatic hydroxyl groups excluding tert-OH is 1. The molecule has 4 rings (SSSR count). The predicted molar refractivity (Wildman–Crippen MR) is 137 cm³/mol. The smallest absolute Gasteiger partial charge is 0.256 e. The van der Waals surface area contributed by atoms with Gasteiger partial charge in [-0.05, 0) is 56.7 Å². The highest BCUT2D eigenvalue weighted by molar-refractivity contribution is 5.98. The van der Waals surface area contributed by atoms with Gasteiger partial charge in [-0.2, -0.15) is 4.98 Å². The third-order valence-corrected chi connectivity index (χ3v) is 6.38. The molecule has 4 N–H and O–H groups in total. The number of amides is 1. The molecular weight excluding hydrogens is 442 g/mol. The Labute approximate surface area is 206 Å². The van der Waals surface area contributed by atoms with E-state index in [1.54, 1.807) is 12.4 Å². The summed E-state index contributed by atoms with van der Waals surface area (Å²) in [6, 6.07) is 8.20. The molecule has 0 unspecified atom stereocenters. The van der Waals surface area contributed by atoms with Crippen LogP contribution < -0.4 is 16.0 Å². The van der Waals surface area contributed by atoms with Gasteiger partial charge >= 0.3 is 0 Å². The van der Waals surface area contributed by atoms with Crippen molar-refractivity contribution in [2.24, 2.45) is 0 Å². The lowest BCUT2D eigenvalue weighted by Gasteiger charge is -2.27. The Balaban J connectivity index is 1.43. The number of hydrogen-bond donors (Lipinski definition) is 4. The first-order valence-corrected chi connectivity index (χ1v) is 12.5. The highest BCUT2D eigenvalue weighted by atomic mass is 16.3. The van der Waals surface area contributed by atoms with Crippen molar-refractivity contribution < 1.29 is 9.90 Å². The van der Waals surface area contributed by atoms with Crippen LogP contribution >= 0.6 is 0 Å². The molecule has 1 aliphatic carbocycles. The molecule has 2 heterocycles. The molecule has 1 fully saturated rings. The summed E-state index contributed by atoms with van der Waals surface area (Å²) in [5, 5.41) is 19.5. The maximum absolute atomic E-state index is 13.1. The predicted octanol–water partition coefficient (Wildman–Crippen LogP) is 3.83. The van der Waals surface area contributed by atoms with Gasteiger partial charge in [-0.15, -0.1) is 0 Å². The number of carbonyl (C=O) groups excluding carboxylic acids is 1. The van der Waals surface area contributed by atoms with Crippen molar-refractivity contribution in [1.29, 1.82) is 0 Å². The quantitative estimate of drug-likeness (QED) is 0.328. The lowest BCUT2D eigenvalue weighted by molar-refractivity contribution is 0.0950. The number of aryl methyl sites for hydroxylation is 1. The van der Waals surface area contributed by atoms with Crippen LogP contribution in [0.5, 0.6) is 0 Å². The third-order valence-electron chi connectivity index (χ3n) is 6.38. The van der Waals surface area contributed by atoms with E-state index in [-0.39, 0.29) is 18.1 Å². The highest BCUT2D eigenvalue weighted by Crippen LogP contribution is 2.24. The van der Waals surface area contributed by atoms with Crippen LogP contribution in [0.4, 0.5) is 11.8 Å². The van der Waals surface area contributed by atoms with Crippen molar-refractivity contribution >= 4 is 17.7 Å². The number of imidazole rings is 1. The van der Waals surface area contributed by atoms with E-state index < -0.39 is 0 Å². The lowest BCUT2D eigenvalue weighted by Crippen LogP contribution is -2.31. The van der Waals surface area contributed by atoms with Crippen LogP contribution in [0, 0.1) is 6.92 Å². The maximum Gasteiger partial charge on any atom is 0.256 e. The van der Waals surface area contributed by atoms with Crippen LogP contribution in [0.3, 0.4) is 0 Å². The summed E-state index contributed by atoms with van der Waals surface area (Å²) in [4.78, 5) is 26.3. The van der Waals surface area contributed by atoms with E-state index in [0.717, 1.165) is 62.1 Å². The van der Waals surface area contributed by atoms with Gasteiger partial charge in [-0.1, -0.05) is 25.5 Å². The average molecular weight is 478 g/mol. The van der Waals surface area contributed by atoms with E-state index in [9.17, 15) is 9.90 Å². The number of unbranched alkanes of at least 4 members (excludes halogenated alkanes) is 1. The van der Waals surface area contributed by atoms with Gasteiger partial charge in [-0.25, -0.2) is 9.97 Å². The molecule has 186 valence electrons. The van der Waals surface area contributed by atoms with Gasteiger partial charge in [0.05, 0.1) is 6.10 Å². The number of nitrogens with one attached hydrogen (secondary N) is 3. The standard InChI is InChI=1S/C26H35N7O2/c1-3-4-13-28-26-30-17-23(24(32-26)31-20-7-11-22(34)12-8-20)25(35)29-16-19-5-9-21(10-6-19)33-15-14-27-18(33)2/h5-6,9-10,14-15,17,20,22,34H,3-4,7-8,11-13,16H2,1-2H3,(H,29,35)(H2,28,30,31,32). The first kappa shape index (κ1) is 24.7. The zero-order valence-corrected chi connectivity index (χ0v) is 20.5. The second-order valence-electron chi connectivity index (χ2n) is 9.08. The number of rotatable bonds is 10. The number of aliphatic hydroxyl groups is 1. The lowest BCUT2D eigenvalue weighted by atomic mass is 9.93. The fraction of sp³-hybridized carbons (Fsp3) is 0.462. The summed E-state index contributed by atoms with van der Waals surface area (Å²) in [5.74, 6) is 1.74. The number of carbonyl (C=O) groups is 1. The molecule has 0 radical (unpaired) electrons. The Morgan fingerprint density at radius 1 is 1.14 bits per heavy atom. The van der Waals surface area contributed by atoms with Crippen LogP contribution in [0.25, 0.3) is 5.69 Å². The summed E-state index contributed by atoms with van der Waals surface area (Å²) >= 11 is 0. The molecule has 0 saturated heterocycles. The molecule has 1 aromatic carbocycles. The second-order valence-corrected chi connectivity index (χ2v) is 9.08. The molecule has 0 spiro atoms. The highest BCUT2D eigenvalue weighted by Gasteiger charge is 2.22. The summed E-state index contributed by atoms with van der Waals surface area (Å²) in [5.41, 5.74) is 2.44. The average Bonchev–Trinajstić information content (AvgIpc) is 3.30. The van der Waals surface area contributed by atoms with E-state index in [1.807, 2.05) is 42.0 Å². The van der Waals surface area contributed by atoms with E-state index in [4.69, 9.17) is 0 Å². The fourth-order valence-electron chi connectivity index (χ4n) is 4.24. The zero-order chi connectivity index (χ0) is 24.6. The number of aromatic nitrogens is 4. The topological polar surface area (TPSA) is 117 Å². The molecule has 0 bridgehead atoms. The molecule has 9 heteroatoms. The molecule has 1 aliphatic rings. The van der Waals surface area contributed by atoms with Crippen LogP contribution in [-0.4, -0.2) is 49.2 Å². The first-order valence-electron chi connectivity index (χ1n) is 12.5. The van der Waals surface area contributed by atoms with Crippen molar-refractivity contribution in [1.82, 2.24) is 24.8 Å². The first-order chi connectivity index (χ1) is 17.0. The minimum atomic E-state index is -0.239. The molecule has 3 aromatic rings. The van der Waals surface area contributed by atoms with Crippen molar-refractivity contribution in [3.8, 4) is 5.69 Å². The Morgan fingerprint density at radius 3 is 2.60 bits per heavy atom. The Bertz CT molecular complexity index is 1110. The third kappa shape index (κ3) is 6.57. The van der Waals surface area contributed by atoms with E-state index in [1.165, 1.54) is 0 Å². The van der Waals surface area contributed by atoms with Crippen LogP contribution in [-0.2, 0) is 6.54 Å². The molecule has 1 amide bonds. The van der Waals surface area contributed by atoms with Crippen molar-refractivity contribution in [3.63, 3.8) is 0 Å². The molecule has 2 aromatic heterocycles. The molecule has 35 heavy (non-hydrogen) atoms.